The summed E-state index contributed by atoms with van der Waals surface area (Å²) in [6.45, 7) is 14.4. The normalized spacial score (nSPS) is 23.3. The minimum atomic E-state index is -0.174. The molecule has 0 amide bonds. The monoisotopic (exact) mass is 617 g/mol. The van der Waals surface area contributed by atoms with E-state index in [0.717, 1.165) is 77.9 Å². The van der Waals surface area contributed by atoms with Gasteiger partial charge in [-0.25, -0.2) is 0 Å². The number of rotatable bonds is 7. The highest BCUT2D eigenvalue weighted by Crippen LogP contribution is 2.66. The maximum absolute atomic E-state index is 12.0. The second-order valence-electron chi connectivity index (χ2n) is 14.9. The van der Waals surface area contributed by atoms with Gasteiger partial charge in [-0.3, -0.25) is 0 Å². The highest BCUT2D eigenvalue weighted by Gasteiger charge is 2.54. The Morgan fingerprint density at radius 1 is 0.848 bits per heavy atom. The minimum Gasteiger partial charge on any atom is -0.507 e. The Labute approximate surface area is 273 Å². The molecule has 2 atom stereocenters. The maximum Gasteiger partial charge on any atom is 0.130 e. The van der Waals surface area contributed by atoms with Gasteiger partial charge in [0.2, 0.25) is 0 Å². The van der Waals surface area contributed by atoms with Crippen LogP contribution in [0, 0.1) is 10.8 Å². The first-order chi connectivity index (χ1) is 22.1. The van der Waals surface area contributed by atoms with Crippen LogP contribution in [0.25, 0.3) is 33.0 Å². The Hall–Kier alpha value is -3.96. The van der Waals surface area contributed by atoms with E-state index in [4.69, 9.17) is 14.2 Å². The summed E-state index contributed by atoms with van der Waals surface area (Å²) in [6, 6.07) is 21.6. The average molecular weight is 618 g/mol. The highest BCUT2D eigenvalue weighted by molar-refractivity contribution is 6.09. The molecule has 0 aromatic heterocycles. The van der Waals surface area contributed by atoms with E-state index in [9.17, 15) is 5.11 Å². The number of phenols is 1. The third kappa shape index (κ3) is 4.95. The first kappa shape index (κ1) is 30.7. The lowest BCUT2D eigenvalue weighted by Gasteiger charge is -2.53. The number of morpholine rings is 1. The predicted octanol–water partition coefficient (Wildman–Crippen LogP) is 9.52. The SMILES string of the molecule is C=CCCC1(C)CC(C)(C)CC2(C1)c1ccccc1-c1c2cc(O)c2cc(-c3ccc(OC)cc3OC)c(N3CCOCC3)cc12. The number of allylic oxidation sites excluding steroid dienone is 1. The van der Waals surface area contributed by atoms with Crippen molar-refractivity contribution in [1.82, 2.24) is 0 Å². The summed E-state index contributed by atoms with van der Waals surface area (Å²) in [5, 5.41) is 14.0. The van der Waals surface area contributed by atoms with Crippen molar-refractivity contribution < 1.29 is 19.3 Å². The van der Waals surface area contributed by atoms with Crippen LogP contribution in [-0.4, -0.2) is 45.6 Å². The van der Waals surface area contributed by atoms with E-state index in [1.165, 1.54) is 28.7 Å². The van der Waals surface area contributed by atoms with Crippen molar-refractivity contribution in [2.75, 3.05) is 45.4 Å². The third-order valence-electron chi connectivity index (χ3n) is 10.9. The van der Waals surface area contributed by atoms with Crippen molar-refractivity contribution in [2.24, 2.45) is 10.8 Å². The number of fused-ring (bicyclic) bond motifs is 7. The molecule has 2 unspecified atom stereocenters. The van der Waals surface area contributed by atoms with Gasteiger partial charge in [0, 0.05) is 46.8 Å². The zero-order valence-electron chi connectivity index (χ0n) is 28.0. The van der Waals surface area contributed by atoms with E-state index < -0.39 is 0 Å². The summed E-state index contributed by atoms with van der Waals surface area (Å²) in [5.74, 6) is 1.81. The number of phenolic OH excluding ortho intramolecular Hbond substituents is 1. The van der Waals surface area contributed by atoms with Crippen LogP contribution in [0.1, 0.15) is 64.0 Å². The zero-order chi connectivity index (χ0) is 32.3. The van der Waals surface area contributed by atoms with Crippen LogP contribution in [0.3, 0.4) is 0 Å². The van der Waals surface area contributed by atoms with E-state index in [2.05, 4.69) is 86.9 Å². The van der Waals surface area contributed by atoms with Gasteiger partial charge in [-0.05, 0) is 101 Å². The molecule has 1 saturated heterocycles. The maximum atomic E-state index is 12.0. The Kier molecular flexibility index (Phi) is 7.59. The molecule has 0 radical (unpaired) electrons. The molecule has 4 aromatic carbocycles. The average Bonchev–Trinajstić information content (AvgIpc) is 3.30. The van der Waals surface area contributed by atoms with E-state index in [1.807, 2.05) is 12.1 Å². The van der Waals surface area contributed by atoms with E-state index in [-0.39, 0.29) is 16.2 Å². The van der Waals surface area contributed by atoms with Crippen LogP contribution >= 0.6 is 0 Å². The van der Waals surface area contributed by atoms with Gasteiger partial charge in [0.15, 0.2) is 0 Å². The molecule has 5 nitrogen and oxygen atoms in total. The third-order valence-corrected chi connectivity index (χ3v) is 10.9. The van der Waals surface area contributed by atoms with Gasteiger partial charge in [-0.15, -0.1) is 6.58 Å². The molecule has 1 spiro atoms. The summed E-state index contributed by atoms with van der Waals surface area (Å²) in [5.41, 5.74) is 8.50. The predicted molar refractivity (Wildman–Crippen MR) is 189 cm³/mol. The Balaban J connectivity index is 1.51. The fourth-order valence-electron chi connectivity index (χ4n) is 9.57. The lowest BCUT2D eigenvalue weighted by molar-refractivity contribution is 0.0452. The van der Waals surface area contributed by atoms with Gasteiger partial charge >= 0.3 is 0 Å². The number of aromatic hydroxyl groups is 1. The van der Waals surface area contributed by atoms with Gasteiger partial charge in [0.1, 0.15) is 17.2 Å². The molecular formula is C41H47NO4. The second-order valence-corrected chi connectivity index (χ2v) is 14.9. The fraction of sp³-hybridized carbons (Fsp3) is 0.415. The number of nitrogens with zero attached hydrogens (tertiary/aromatic N) is 1. The van der Waals surface area contributed by atoms with Crippen LogP contribution in [0.4, 0.5) is 5.69 Å². The lowest BCUT2D eigenvalue weighted by atomic mass is 9.51. The lowest BCUT2D eigenvalue weighted by Crippen LogP contribution is -2.45. The highest BCUT2D eigenvalue weighted by atomic mass is 16.5. The standard InChI is InChI=1S/C41H47NO4/c1-7-8-15-40(4)24-39(2,3)25-41(26-40)33-12-10-9-11-29(33)38-32-22-35(42-16-18-46-19-17-42)30(21-31(32)36(43)23-34(38)41)28-14-13-27(44-5)20-37(28)45-6/h7,9-14,20-23,43H,1,8,15-19,24-26H2,2-6H3. The van der Waals surface area contributed by atoms with E-state index >= 15 is 0 Å². The molecular weight excluding hydrogens is 570 g/mol. The topological polar surface area (TPSA) is 51.2 Å². The number of ether oxygens (including phenoxy) is 3. The molecule has 3 aliphatic rings. The summed E-state index contributed by atoms with van der Waals surface area (Å²) in [7, 11) is 3.37. The largest absolute Gasteiger partial charge is 0.507 e. The molecule has 7 rings (SSSR count). The summed E-state index contributed by atoms with van der Waals surface area (Å²) in [4.78, 5) is 2.42. The summed E-state index contributed by atoms with van der Waals surface area (Å²) >= 11 is 0. The van der Waals surface area contributed by atoms with Crippen LogP contribution in [-0.2, 0) is 10.2 Å². The molecule has 4 aromatic rings. The molecule has 240 valence electrons. The molecule has 2 fully saturated rings. The second kappa shape index (κ2) is 11.4. The fourth-order valence-corrected chi connectivity index (χ4v) is 9.57. The van der Waals surface area contributed by atoms with Crippen molar-refractivity contribution in [3.05, 3.63) is 84.4 Å². The number of anilines is 1. The first-order valence-electron chi connectivity index (χ1n) is 16.7. The first-order valence-corrected chi connectivity index (χ1v) is 16.7. The van der Waals surface area contributed by atoms with Crippen molar-refractivity contribution in [2.45, 2.75) is 58.3 Å². The number of hydrogen-bond acceptors (Lipinski definition) is 5. The van der Waals surface area contributed by atoms with Crippen molar-refractivity contribution in [3.63, 3.8) is 0 Å². The Bertz CT molecular complexity index is 1820. The number of benzene rings is 4. The molecule has 1 N–H and O–H groups in total. The van der Waals surface area contributed by atoms with Crippen molar-refractivity contribution >= 4 is 16.5 Å². The Morgan fingerprint density at radius 3 is 2.37 bits per heavy atom. The minimum absolute atomic E-state index is 0.140. The molecule has 5 heteroatoms. The van der Waals surface area contributed by atoms with Crippen molar-refractivity contribution in [1.29, 1.82) is 0 Å². The van der Waals surface area contributed by atoms with Gasteiger partial charge in [0.05, 0.1) is 27.4 Å². The summed E-state index contributed by atoms with van der Waals surface area (Å²) in [6.07, 6.45) is 7.49. The van der Waals surface area contributed by atoms with Crippen LogP contribution < -0.4 is 14.4 Å². The van der Waals surface area contributed by atoms with Crippen molar-refractivity contribution in [3.8, 4) is 39.5 Å². The number of methoxy groups -OCH3 is 2. The molecule has 2 aliphatic carbocycles. The van der Waals surface area contributed by atoms with Gasteiger partial charge in [-0.2, -0.15) is 0 Å². The smallest absolute Gasteiger partial charge is 0.130 e. The van der Waals surface area contributed by atoms with E-state index in [1.54, 1.807) is 14.2 Å². The molecule has 0 bridgehead atoms. The molecule has 1 heterocycles. The van der Waals surface area contributed by atoms with Crippen LogP contribution in [0.5, 0.6) is 17.2 Å². The quantitative estimate of drug-likeness (QED) is 0.209. The van der Waals surface area contributed by atoms with Crippen LogP contribution in [0.2, 0.25) is 0 Å². The molecule has 1 saturated carbocycles. The number of hydrogen-bond donors (Lipinski definition) is 1. The molecule has 1 aliphatic heterocycles. The Morgan fingerprint density at radius 2 is 1.63 bits per heavy atom. The van der Waals surface area contributed by atoms with Gasteiger partial charge < -0.3 is 24.2 Å². The van der Waals surface area contributed by atoms with E-state index in [0.29, 0.717) is 19.0 Å². The van der Waals surface area contributed by atoms with Gasteiger partial charge in [-0.1, -0.05) is 51.1 Å². The molecule has 46 heavy (non-hydrogen) atoms. The van der Waals surface area contributed by atoms with Crippen LogP contribution in [0.15, 0.2) is 73.3 Å². The zero-order valence-corrected chi connectivity index (χ0v) is 28.0. The van der Waals surface area contributed by atoms with Gasteiger partial charge in [0.25, 0.3) is 0 Å². The summed E-state index contributed by atoms with van der Waals surface area (Å²) < 4.78 is 17.2.